The number of rotatable bonds is 16. The van der Waals surface area contributed by atoms with Crippen LogP contribution in [0.25, 0.3) is 0 Å². The number of likely N-dealkylation sites (tertiary alicyclic amines) is 1. The van der Waals surface area contributed by atoms with E-state index in [4.69, 9.17) is 10.5 Å². The highest BCUT2D eigenvalue weighted by Gasteiger charge is 2.47. The van der Waals surface area contributed by atoms with E-state index in [-0.39, 0.29) is 25.8 Å². The van der Waals surface area contributed by atoms with Crippen LogP contribution in [0.5, 0.6) is 0 Å². The first-order chi connectivity index (χ1) is 27.3. The molecule has 2 aromatic carbocycles. The van der Waals surface area contributed by atoms with Crippen molar-refractivity contribution in [3.05, 3.63) is 70.3 Å². The Morgan fingerprint density at radius 3 is 1.95 bits per heavy atom. The van der Waals surface area contributed by atoms with Crippen LogP contribution in [0.1, 0.15) is 100 Å². The van der Waals surface area contributed by atoms with Gasteiger partial charge in [-0.3, -0.25) is 33.6 Å². The molecule has 0 aromatic heterocycles. The van der Waals surface area contributed by atoms with Crippen molar-refractivity contribution in [1.29, 1.82) is 0 Å². The molecular weight excluding hydrogens is 788 g/mol. The highest BCUT2D eigenvalue weighted by Crippen LogP contribution is 2.31. The second-order valence-electron chi connectivity index (χ2n) is 15.9. The van der Waals surface area contributed by atoms with Crippen LogP contribution in [-0.4, -0.2) is 100 Å². The van der Waals surface area contributed by atoms with Crippen molar-refractivity contribution in [2.45, 2.75) is 104 Å². The van der Waals surface area contributed by atoms with Crippen molar-refractivity contribution in [2.75, 3.05) is 13.1 Å². The van der Waals surface area contributed by atoms with Crippen molar-refractivity contribution in [3.8, 4) is 0 Å². The Morgan fingerprint density at radius 2 is 1.44 bits per heavy atom. The molecule has 0 spiro atoms. The van der Waals surface area contributed by atoms with Gasteiger partial charge in [0.05, 0.1) is 29.9 Å². The van der Waals surface area contributed by atoms with Crippen LogP contribution in [0.4, 0.5) is 17.6 Å². The van der Waals surface area contributed by atoms with Gasteiger partial charge in [0.2, 0.25) is 29.4 Å². The summed E-state index contributed by atoms with van der Waals surface area (Å²) in [6.07, 6.45) is -0.812. The van der Waals surface area contributed by atoms with Gasteiger partial charge in [0.15, 0.2) is 23.3 Å². The summed E-state index contributed by atoms with van der Waals surface area (Å²) in [7, 11) is 0. The van der Waals surface area contributed by atoms with Gasteiger partial charge in [-0.2, -0.15) is 0 Å². The molecule has 5 atom stereocenters. The number of hydrogen-bond donors (Lipinski definition) is 6. The van der Waals surface area contributed by atoms with Gasteiger partial charge in [0.1, 0.15) is 23.7 Å². The number of carbonyl (C=O) groups excluding carboxylic acids is 7. The summed E-state index contributed by atoms with van der Waals surface area (Å²) in [4.78, 5) is 105. The quantitative estimate of drug-likeness (QED) is 0.0623. The molecule has 3 rings (SSSR count). The molecule has 0 bridgehead atoms. The third-order valence-corrected chi connectivity index (χ3v) is 9.03. The van der Waals surface area contributed by atoms with E-state index in [0.29, 0.717) is 5.56 Å². The molecule has 1 saturated heterocycles. The molecule has 322 valence electrons. The summed E-state index contributed by atoms with van der Waals surface area (Å²) in [5.41, 5.74) is 0.110. The second-order valence-corrected chi connectivity index (χ2v) is 15.9. The molecule has 2 aromatic rings. The van der Waals surface area contributed by atoms with Crippen LogP contribution in [-0.2, 0) is 33.5 Å². The van der Waals surface area contributed by atoms with Crippen molar-refractivity contribution in [3.63, 3.8) is 0 Å². The number of amides is 6. The summed E-state index contributed by atoms with van der Waals surface area (Å²) < 4.78 is 63.7. The number of primary amides is 1. The molecule has 6 amide bonds. The number of benzene rings is 2. The Balaban J connectivity index is 1.88. The van der Waals surface area contributed by atoms with Crippen LogP contribution >= 0.6 is 0 Å². The number of nitrogens with two attached hydrogens (primary N) is 1. The van der Waals surface area contributed by atoms with Crippen molar-refractivity contribution in [2.24, 2.45) is 11.1 Å². The molecule has 7 N–H and O–H groups in total. The SMILES string of the molecule is CCCC(NC(=O)[C@@H]1C[C@@H](OC(C)(C)C)CN1C(=O)[C@@H](NC(=O)c1c(F)c(F)c(F)c(F)c1C(=O)O)C(C)(C)C)C(=O)C(=O)NCC(=O)N[C@H](C(N)=O)c1ccccc1. The van der Waals surface area contributed by atoms with E-state index in [1.54, 1.807) is 58.0 Å². The summed E-state index contributed by atoms with van der Waals surface area (Å²) in [5.74, 6) is -19.8. The first kappa shape index (κ1) is 47.5. The molecular formula is C39H48F4N6O10. The molecule has 1 heterocycles. The number of Topliss-reactive ketones (excluding diaryl/α,β-unsaturated/α-hetero) is 1. The largest absolute Gasteiger partial charge is 0.478 e. The number of nitrogens with zero attached hydrogens (tertiary/aromatic N) is 1. The van der Waals surface area contributed by atoms with Gasteiger partial charge in [0, 0.05) is 13.0 Å². The Labute approximate surface area is 336 Å². The predicted molar refractivity (Wildman–Crippen MR) is 200 cm³/mol. The van der Waals surface area contributed by atoms with Gasteiger partial charge in [-0.15, -0.1) is 0 Å². The van der Waals surface area contributed by atoms with Crippen LogP contribution in [0.15, 0.2) is 30.3 Å². The zero-order chi connectivity index (χ0) is 44.7. The minimum absolute atomic E-state index is 0.0759. The van der Waals surface area contributed by atoms with E-state index < -0.39 is 129 Å². The molecule has 1 fully saturated rings. The number of aromatic carboxylic acids is 1. The summed E-state index contributed by atoms with van der Waals surface area (Å²) in [5, 5.41) is 18.6. The highest BCUT2D eigenvalue weighted by atomic mass is 19.2. The molecule has 20 heteroatoms. The minimum atomic E-state index is -2.48. The number of hydrogen-bond acceptors (Lipinski definition) is 9. The third kappa shape index (κ3) is 11.8. The fourth-order valence-electron chi connectivity index (χ4n) is 6.35. The fourth-order valence-corrected chi connectivity index (χ4v) is 6.35. The van der Waals surface area contributed by atoms with Gasteiger partial charge < -0.3 is 41.7 Å². The second kappa shape index (κ2) is 19.2. The maximum absolute atomic E-state index is 14.9. The number of ketones is 1. The lowest BCUT2D eigenvalue weighted by atomic mass is 9.85. The van der Waals surface area contributed by atoms with Gasteiger partial charge in [-0.05, 0) is 38.2 Å². The normalized spacial score (nSPS) is 17.0. The number of carboxylic acids is 1. The fraction of sp³-hybridized carbons (Fsp3) is 0.487. The zero-order valence-electron chi connectivity index (χ0n) is 33.5. The van der Waals surface area contributed by atoms with Gasteiger partial charge in [-0.25, -0.2) is 22.4 Å². The standard InChI is InChI=1S/C39H48F4N6O10/c1-8-12-20(30(51)35(55)45-16-22(50)47-29(32(44)52)18-13-10-9-11-14-18)46-33(53)21-15-19(59-39(5,6)7)17-49(21)36(56)31(38(2,3)4)48-34(54)23-24(37(57)58)26(41)28(43)27(42)25(23)40/h9-11,13-14,19-21,29,31H,8,12,15-17H2,1-7H3,(H2,44,52)(H,45,55)(H,46,53)(H,47,50)(H,48,54)(H,57,58)/t19-,20?,21+,29+,31-/m1/s1. The van der Waals surface area contributed by atoms with E-state index >= 15 is 0 Å². The Hall–Kier alpha value is -5.92. The maximum Gasteiger partial charge on any atom is 0.339 e. The first-order valence-corrected chi connectivity index (χ1v) is 18.4. The average Bonchev–Trinajstić information content (AvgIpc) is 3.56. The molecule has 16 nitrogen and oxygen atoms in total. The number of nitrogens with one attached hydrogen (secondary N) is 4. The molecule has 59 heavy (non-hydrogen) atoms. The molecule has 0 saturated carbocycles. The van der Waals surface area contributed by atoms with E-state index in [0.717, 1.165) is 4.90 Å². The van der Waals surface area contributed by atoms with Gasteiger partial charge in [0.25, 0.3) is 11.8 Å². The topological polar surface area (TPSA) is 243 Å². The number of halogens is 4. The minimum Gasteiger partial charge on any atom is -0.478 e. The van der Waals surface area contributed by atoms with Crippen LogP contribution in [0.3, 0.4) is 0 Å². The Bertz CT molecular complexity index is 1990. The highest BCUT2D eigenvalue weighted by molar-refractivity contribution is 6.38. The van der Waals surface area contributed by atoms with E-state index in [1.165, 1.54) is 20.8 Å². The monoisotopic (exact) mass is 836 g/mol. The van der Waals surface area contributed by atoms with E-state index in [2.05, 4.69) is 21.3 Å². The van der Waals surface area contributed by atoms with Crippen LogP contribution in [0, 0.1) is 28.7 Å². The van der Waals surface area contributed by atoms with E-state index in [9.17, 15) is 61.0 Å². The van der Waals surface area contributed by atoms with Gasteiger partial charge in [-0.1, -0.05) is 64.4 Å². The first-order valence-electron chi connectivity index (χ1n) is 18.4. The number of carboxylic acid groups (broad SMARTS) is 1. The Kier molecular flexibility index (Phi) is 15.5. The lowest BCUT2D eigenvalue weighted by Crippen LogP contribution is -2.59. The number of carbonyl (C=O) groups is 8. The van der Waals surface area contributed by atoms with Crippen molar-refractivity contribution >= 4 is 47.2 Å². The lowest BCUT2D eigenvalue weighted by Gasteiger charge is -2.35. The molecule has 0 radical (unpaired) electrons. The predicted octanol–water partition coefficient (Wildman–Crippen LogP) is 2.18. The van der Waals surface area contributed by atoms with Crippen LogP contribution < -0.4 is 27.0 Å². The molecule has 0 aliphatic carbocycles. The zero-order valence-corrected chi connectivity index (χ0v) is 33.5. The third-order valence-electron chi connectivity index (χ3n) is 9.03. The summed E-state index contributed by atoms with van der Waals surface area (Å²) >= 11 is 0. The summed E-state index contributed by atoms with van der Waals surface area (Å²) in [6.45, 7) is 9.99. The maximum atomic E-state index is 14.9. The van der Waals surface area contributed by atoms with Crippen LogP contribution in [0.2, 0.25) is 0 Å². The van der Waals surface area contributed by atoms with Crippen molar-refractivity contribution in [1.82, 2.24) is 26.2 Å². The van der Waals surface area contributed by atoms with Crippen molar-refractivity contribution < 1.29 is 65.8 Å². The smallest absolute Gasteiger partial charge is 0.339 e. The lowest BCUT2D eigenvalue weighted by molar-refractivity contribution is -0.144. The molecule has 1 unspecified atom stereocenters. The molecule has 1 aliphatic heterocycles. The summed E-state index contributed by atoms with van der Waals surface area (Å²) in [6, 6.07) is 2.09. The molecule has 1 aliphatic rings. The number of ether oxygens (including phenoxy) is 1. The Morgan fingerprint density at radius 1 is 0.864 bits per heavy atom. The average molecular weight is 837 g/mol. The van der Waals surface area contributed by atoms with Gasteiger partial charge >= 0.3 is 5.97 Å². The van der Waals surface area contributed by atoms with E-state index in [1.807, 2.05) is 0 Å².